The number of hydrogen-bond acceptors (Lipinski definition) is 5. The Morgan fingerprint density at radius 3 is 2.70 bits per heavy atom. The van der Waals surface area contributed by atoms with Crippen LogP contribution in [-0.2, 0) is 16.8 Å². The van der Waals surface area contributed by atoms with Crippen molar-refractivity contribution in [2.24, 2.45) is 5.92 Å². The molecule has 1 fully saturated rings. The van der Waals surface area contributed by atoms with E-state index >= 15 is 0 Å². The average molecular weight is 281 g/mol. The molecule has 0 aromatic carbocycles. The molecule has 20 heavy (non-hydrogen) atoms. The fraction of sp³-hybridized carbons (Fsp3) is 0.786. The molecular formula is C14H23N3O3. The van der Waals surface area contributed by atoms with Crippen LogP contribution in [-0.4, -0.2) is 38.7 Å². The van der Waals surface area contributed by atoms with E-state index in [9.17, 15) is 4.79 Å². The first-order valence-corrected chi connectivity index (χ1v) is 7.07. The Kier molecular flexibility index (Phi) is 4.13. The SMILES string of the molecule is CC1CC(C(=O)O)CCN1Cc1nc(C(C)(C)C)no1. The monoisotopic (exact) mass is 281 g/mol. The number of carbonyl (C=O) groups is 1. The third kappa shape index (κ3) is 3.36. The fourth-order valence-electron chi connectivity index (χ4n) is 2.48. The molecule has 0 radical (unpaired) electrons. The maximum atomic E-state index is 11.0. The third-order valence-electron chi connectivity index (χ3n) is 3.84. The number of aliphatic carboxylic acids is 1. The largest absolute Gasteiger partial charge is 0.481 e. The number of rotatable bonds is 3. The number of likely N-dealkylation sites (tertiary alicyclic amines) is 1. The molecule has 6 heteroatoms. The van der Waals surface area contributed by atoms with Gasteiger partial charge < -0.3 is 9.63 Å². The average Bonchev–Trinajstić information content (AvgIpc) is 2.80. The molecule has 1 aliphatic rings. The van der Waals surface area contributed by atoms with Gasteiger partial charge in [-0.3, -0.25) is 9.69 Å². The van der Waals surface area contributed by atoms with Gasteiger partial charge >= 0.3 is 5.97 Å². The van der Waals surface area contributed by atoms with Gasteiger partial charge in [0, 0.05) is 11.5 Å². The van der Waals surface area contributed by atoms with Crippen LogP contribution in [0.1, 0.15) is 52.3 Å². The lowest BCUT2D eigenvalue weighted by atomic mass is 9.92. The second-order valence-corrected chi connectivity index (χ2v) is 6.64. The number of hydrogen-bond donors (Lipinski definition) is 1. The van der Waals surface area contributed by atoms with Gasteiger partial charge in [0.05, 0.1) is 12.5 Å². The molecule has 0 aliphatic carbocycles. The second-order valence-electron chi connectivity index (χ2n) is 6.64. The zero-order chi connectivity index (χ0) is 14.9. The summed E-state index contributed by atoms with van der Waals surface area (Å²) in [4.78, 5) is 17.7. The highest BCUT2D eigenvalue weighted by atomic mass is 16.5. The smallest absolute Gasteiger partial charge is 0.306 e. The summed E-state index contributed by atoms with van der Waals surface area (Å²) in [5.41, 5.74) is -0.121. The van der Waals surface area contributed by atoms with Crippen molar-refractivity contribution in [3.8, 4) is 0 Å². The van der Waals surface area contributed by atoms with E-state index in [0.29, 0.717) is 31.1 Å². The molecule has 0 bridgehead atoms. The molecule has 112 valence electrons. The predicted octanol–water partition coefficient (Wildman–Crippen LogP) is 2.05. The van der Waals surface area contributed by atoms with Crippen LogP contribution in [0.3, 0.4) is 0 Å². The van der Waals surface area contributed by atoms with Crippen molar-refractivity contribution in [3.05, 3.63) is 11.7 Å². The van der Waals surface area contributed by atoms with E-state index in [1.165, 1.54) is 0 Å². The van der Waals surface area contributed by atoms with Gasteiger partial charge in [-0.25, -0.2) is 0 Å². The fourth-order valence-corrected chi connectivity index (χ4v) is 2.48. The number of carboxylic acid groups (broad SMARTS) is 1. The minimum Gasteiger partial charge on any atom is -0.481 e. The molecule has 2 heterocycles. The highest BCUT2D eigenvalue weighted by molar-refractivity contribution is 5.70. The van der Waals surface area contributed by atoms with E-state index in [1.807, 2.05) is 20.8 Å². The highest BCUT2D eigenvalue weighted by Crippen LogP contribution is 2.25. The molecule has 2 atom stereocenters. The van der Waals surface area contributed by atoms with Gasteiger partial charge in [-0.05, 0) is 26.3 Å². The van der Waals surface area contributed by atoms with Crippen molar-refractivity contribution in [3.63, 3.8) is 0 Å². The van der Waals surface area contributed by atoms with Crippen molar-refractivity contribution in [1.29, 1.82) is 0 Å². The Hall–Kier alpha value is -1.43. The van der Waals surface area contributed by atoms with Gasteiger partial charge in [-0.15, -0.1) is 0 Å². The summed E-state index contributed by atoms with van der Waals surface area (Å²) in [5.74, 6) is 0.398. The van der Waals surface area contributed by atoms with Gasteiger partial charge in [0.2, 0.25) is 5.89 Å². The Labute approximate surface area is 119 Å². The number of piperidine rings is 1. The van der Waals surface area contributed by atoms with E-state index in [4.69, 9.17) is 9.63 Å². The van der Waals surface area contributed by atoms with Crippen LogP contribution < -0.4 is 0 Å². The van der Waals surface area contributed by atoms with Crippen LogP contribution in [0, 0.1) is 5.92 Å². The van der Waals surface area contributed by atoms with Crippen molar-refractivity contribution in [2.45, 2.75) is 58.5 Å². The van der Waals surface area contributed by atoms with E-state index in [-0.39, 0.29) is 17.4 Å². The van der Waals surface area contributed by atoms with Crippen LogP contribution >= 0.6 is 0 Å². The Morgan fingerprint density at radius 2 is 2.20 bits per heavy atom. The summed E-state index contributed by atoms with van der Waals surface area (Å²) in [6, 6.07) is 0.217. The lowest BCUT2D eigenvalue weighted by Crippen LogP contribution is -2.42. The quantitative estimate of drug-likeness (QED) is 0.913. The van der Waals surface area contributed by atoms with Crippen LogP contribution in [0.25, 0.3) is 0 Å². The molecule has 1 aliphatic heterocycles. The normalized spacial score (nSPS) is 24.8. The first-order chi connectivity index (χ1) is 9.27. The molecule has 1 N–H and O–H groups in total. The van der Waals surface area contributed by atoms with E-state index < -0.39 is 5.97 Å². The van der Waals surface area contributed by atoms with E-state index in [2.05, 4.69) is 22.0 Å². The van der Waals surface area contributed by atoms with Crippen LogP contribution in [0.15, 0.2) is 4.52 Å². The van der Waals surface area contributed by atoms with Crippen molar-refractivity contribution in [2.75, 3.05) is 6.54 Å². The maximum Gasteiger partial charge on any atom is 0.306 e. The number of carboxylic acids is 1. The van der Waals surface area contributed by atoms with E-state index in [1.54, 1.807) is 0 Å². The van der Waals surface area contributed by atoms with Gasteiger partial charge in [-0.1, -0.05) is 25.9 Å². The van der Waals surface area contributed by atoms with Crippen molar-refractivity contribution < 1.29 is 14.4 Å². The second kappa shape index (κ2) is 5.52. The Balaban J connectivity index is 1.97. The van der Waals surface area contributed by atoms with Crippen LogP contribution in [0.4, 0.5) is 0 Å². The molecule has 0 amide bonds. The summed E-state index contributed by atoms with van der Waals surface area (Å²) in [6.45, 7) is 9.53. The van der Waals surface area contributed by atoms with Crippen LogP contribution in [0.5, 0.6) is 0 Å². The molecule has 2 rings (SSSR count). The van der Waals surface area contributed by atoms with Crippen molar-refractivity contribution >= 4 is 5.97 Å². The standard InChI is InChI=1S/C14H23N3O3/c1-9-7-10(12(18)19)5-6-17(9)8-11-15-13(16-20-11)14(2,3)4/h9-10H,5-8H2,1-4H3,(H,18,19). The van der Waals surface area contributed by atoms with Gasteiger partial charge in [-0.2, -0.15) is 4.98 Å². The third-order valence-corrected chi connectivity index (χ3v) is 3.84. The molecule has 1 saturated heterocycles. The van der Waals surface area contributed by atoms with Crippen LogP contribution in [0.2, 0.25) is 0 Å². The maximum absolute atomic E-state index is 11.0. The lowest BCUT2D eigenvalue weighted by Gasteiger charge is -2.35. The van der Waals surface area contributed by atoms with Gasteiger partial charge in [0.15, 0.2) is 5.82 Å². The summed E-state index contributed by atoms with van der Waals surface area (Å²) in [5, 5.41) is 13.1. The Bertz CT molecular complexity index is 478. The summed E-state index contributed by atoms with van der Waals surface area (Å²) in [6.07, 6.45) is 1.36. The van der Waals surface area contributed by atoms with Gasteiger partial charge in [0.25, 0.3) is 0 Å². The molecule has 2 unspecified atom stereocenters. The molecular weight excluding hydrogens is 258 g/mol. The predicted molar refractivity (Wildman–Crippen MR) is 73.2 cm³/mol. The topological polar surface area (TPSA) is 79.5 Å². The molecule has 1 aromatic rings. The minimum atomic E-state index is -0.690. The zero-order valence-corrected chi connectivity index (χ0v) is 12.6. The minimum absolute atomic E-state index is 0.121. The lowest BCUT2D eigenvalue weighted by molar-refractivity contribution is -0.144. The highest BCUT2D eigenvalue weighted by Gasteiger charge is 2.31. The summed E-state index contributed by atoms with van der Waals surface area (Å²) in [7, 11) is 0. The van der Waals surface area contributed by atoms with Crippen molar-refractivity contribution in [1.82, 2.24) is 15.0 Å². The summed E-state index contributed by atoms with van der Waals surface area (Å²) < 4.78 is 5.30. The molecule has 1 aromatic heterocycles. The first kappa shape index (κ1) is 15.0. The molecule has 0 spiro atoms. The first-order valence-electron chi connectivity index (χ1n) is 7.07. The zero-order valence-electron chi connectivity index (χ0n) is 12.6. The molecule has 0 saturated carbocycles. The van der Waals surface area contributed by atoms with Gasteiger partial charge in [0.1, 0.15) is 0 Å². The summed E-state index contributed by atoms with van der Waals surface area (Å²) >= 11 is 0. The number of aromatic nitrogens is 2. The number of nitrogens with zero attached hydrogens (tertiary/aromatic N) is 3. The van der Waals surface area contributed by atoms with E-state index in [0.717, 1.165) is 6.54 Å². The molecule has 6 nitrogen and oxygen atoms in total. The Morgan fingerprint density at radius 1 is 1.50 bits per heavy atom.